The van der Waals surface area contributed by atoms with Crippen molar-refractivity contribution in [3.05, 3.63) is 186 Å². The zero-order valence-corrected chi connectivity index (χ0v) is 35.0. The summed E-state index contributed by atoms with van der Waals surface area (Å²) < 4.78 is 6.77. The van der Waals surface area contributed by atoms with E-state index < -0.39 is 0 Å². The Labute approximate surface area is 352 Å². The average molecular weight is 773 g/mol. The predicted octanol–water partition coefficient (Wildman–Crippen LogP) is 13.9. The molecule has 0 saturated heterocycles. The molecule has 0 fully saturated rings. The van der Waals surface area contributed by atoms with Gasteiger partial charge in [-0.25, -0.2) is 0 Å². The van der Waals surface area contributed by atoms with E-state index in [1.54, 1.807) is 0 Å². The quantitative estimate of drug-likeness (QED) is 0.167. The molecule has 8 aromatic carbocycles. The summed E-state index contributed by atoms with van der Waals surface area (Å²) in [5, 5.41) is 2.28. The molecule has 1 aromatic heterocycles. The number of hydrogen-bond acceptors (Lipinski definition) is 3. The molecule has 12 rings (SSSR count). The van der Waals surface area contributed by atoms with Crippen LogP contribution in [0.25, 0.3) is 55.3 Å². The number of para-hydroxylation sites is 3. The molecule has 288 valence electrons. The minimum atomic E-state index is -0.194. The van der Waals surface area contributed by atoms with E-state index in [2.05, 4.69) is 215 Å². The van der Waals surface area contributed by atoms with Gasteiger partial charge in [0.25, 0.3) is 0 Å². The lowest BCUT2D eigenvalue weighted by molar-refractivity contribution is 0.590. The second-order valence-corrected chi connectivity index (χ2v) is 18.6. The van der Waals surface area contributed by atoms with E-state index >= 15 is 0 Å². The molecule has 4 heterocycles. The smallest absolute Gasteiger partial charge is 0.333 e. The maximum Gasteiger partial charge on any atom is 0.333 e. The second kappa shape index (κ2) is 12.4. The molecule has 0 unspecified atom stereocenters. The molecule has 0 atom stereocenters. The topological polar surface area (TPSA) is 19.6 Å². The Morgan fingerprint density at radius 1 is 0.517 bits per heavy atom. The molecule has 0 amide bonds. The minimum absolute atomic E-state index is 0.0336. The fraction of sp³-hybridized carbons (Fsp3) is 0.143. The van der Waals surface area contributed by atoms with Gasteiger partial charge < -0.3 is 14.1 Å². The maximum atomic E-state index is 6.77. The first-order valence-corrected chi connectivity index (χ1v) is 21.3. The third-order valence-electron chi connectivity index (χ3n) is 13.7. The third-order valence-corrected chi connectivity index (χ3v) is 13.7. The molecule has 60 heavy (non-hydrogen) atoms. The minimum Gasteiger partial charge on any atom is -0.456 e. The van der Waals surface area contributed by atoms with Crippen LogP contribution in [0.2, 0.25) is 0 Å². The molecule has 3 aliphatic rings. The van der Waals surface area contributed by atoms with Gasteiger partial charge in [-0.1, -0.05) is 156 Å². The Hall–Kier alpha value is -6.78. The van der Waals surface area contributed by atoms with Crippen molar-refractivity contribution in [2.75, 3.05) is 9.71 Å². The number of benzene rings is 8. The number of fused-ring (bicyclic) bond motifs is 9. The first kappa shape index (κ1) is 35.2. The summed E-state index contributed by atoms with van der Waals surface area (Å²) in [6, 6.07) is 61.3. The lowest BCUT2D eigenvalue weighted by Crippen LogP contribution is -2.63. The highest BCUT2D eigenvalue weighted by molar-refractivity contribution is 6.94. The van der Waals surface area contributed by atoms with Crippen molar-refractivity contribution in [3.8, 4) is 33.4 Å². The van der Waals surface area contributed by atoms with E-state index in [4.69, 9.17) is 4.42 Å². The molecule has 0 radical (unpaired) electrons. The van der Waals surface area contributed by atoms with Crippen molar-refractivity contribution in [2.24, 2.45) is 0 Å². The van der Waals surface area contributed by atoms with Crippen LogP contribution >= 0.6 is 0 Å². The Morgan fingerprint density at radius 2 is 1.25 bits per heavy atom. The standard InChI is InChI=1S/C56H45BN2O/c1-34-17-10-11-20-38(34)36-29-43-40-22-16-24-45-54(40)59(48-25-14-13-23-44(48)56(45,5)6)57-46-32-42-39-21-12-15-26-51(39)60-52(42)33-49(46)58(50(30-36)53(43)57)47-28-27-37(55(2,3)4)31-41(47)35-18-8-7-9-19-35/h7-33H,1-6H3. The van der Waals surface area contributed by atoms with Gasteiger partial charge in [0.15, 0.2) is 0 Å². The van der Waals surface area contributed by atoms with Crippen LogP contribution in [0.1, 0.15) is 56.9 Å². The van der Waals surface area contributed by atoms with Crippen molar-refractivity contribution in [1.29, 1.82) is 0 Å². The summed E-state index contributed by atoms with van der Waals surface area (Å²) in [7, 11) is 0. The van der Waals surface area contributed by atoms with E-state index in [1.165, 1.54) is 83.6 Å². The van der Waals surface area contributed by atoms with Crippen LogP contribution in [0.5, 0.6) is 0 Å². The second-order valence-electron chi connectivity index (χ2n) is 18.6. The van der Waals surface area contributed by atoms with Crippen molar-refractivity contribution in [1.82, 2.24) is 0 Å². The van der Waals surface area contributed by atoms with Gasteiger partial charge in [-0.3, -0.25) is 0 Å². The van der Waals surface area contributed by atoms with Gasteiger partial charge in [0.1, 0.15) is 11.2 Å². The number of aryl methyl sites for hydroxylation is 1. The highest BCUT2D eigenvalue weighted by Crippen LogP contribution is 2.57. The number of furan rings is 1. The van der Waals surface area contributed by atoms with Crippen LogP contribution in [0.4, 0.5) is 28.4 Å². The Morgan fingerprint density at radius 3 is 2.08 bits per heavy atom. The number of nitrogens with zero attached hydrogens (tertiary/aromatic N) is 2. The maximum absolute atomic E-state index is 6.77. The Balaban J connectivity index is 1.27. The molecule has 9 aromatic rings. The SMILES string of the molecule is Cc1ccccc1-c1cc2c3c(c1)N(c1ccc(C(C)(C)C)cc1-c1ccccc1)c1cc4oc5ccccc5c4cc1B3N1c3ccccc3C(C)(C)c3cccc-2c31. The third kappa shape index (κ3) is 4.85. The van der Waals surface area contributed by atoms with Crippen molar-refractivity contribution in [3.63, 3.8) is 0 Å². The van der Waals surface area contributed by atoms with Gasteiger partial charge in [0.05, 0.1) is 5.69 Å². The summed E-state index contributed by atoms with van der Waals surface area (Å²) in [6.07, 6.45) is 0. The molecule has 0 spiro atoms. The van der Waals surface area contributed by atoms with Crippen LogP contribution in [-0.4, -0.2) is 6.85 Å². The van der Waals surface area contributed by atoms with Gasteiger partial charge in [-0.2, -0.15) is 0 Å². The van der Waals surface area contributed by atoms with Crippen LogP contribution in [0, 0.1) is 6.92 Å². The van der Waals surface area contributed by atoms with Gasteiger partial charge >= 0.3 is 6.85 Å². The number of hydrogen-bond donors (Lipinski definition) is 0. The van der Waals surface area contributed by atoms with Crippen LogP contribution < -0.4 is 20.6 Å². The molecular formula is C56H45BN2O. The monoisotopic (exact) mass is 772 g/mol. The molecule has 3 nitrogen and oxygen atoms in total. The zero-order valence-electron chi connectivity index (χ0n) is 35.0. The lowest BCUT2D eigenvalue weighted by atomic mass is 9.42. The summed E-state index contributed by atoms with van der Waals surface area (Å²) in [6.45, 7) is 13.8. The first-order valence-electron chi connectivity index (χ1n) is 21.3. The first-order chi connectivity index (χ1) is 29.1. The van der Waals surface area contributed by atoms with E-state index in [0.717, 1.165) is 33.3 Å². The highest BCUT2D eigenvalue weighted by Gasteiger charge is 2.50. The molecule has 0 bridgehead atoms. The van der Waals surface area contributed by atoms with Crippen LogP contribution in [-0.2, 0) is 10.8 Å². The number of anilines is 5. The van der Waals surface area contributed by atoms with E-state index in [0.29, 0.717) is 0 Å². The van der Waals surface area contributed by atoms with E-state index in [1.807, 2.05) is 0 Å². The summed E-state index contributed by atoms with van der Waals surface area (Å²) in [5.41, 5.74) is 22.9. The molecular weight excluding hydrogens is 727 g/mol. The highest BCUT2D eigenvalue weighted by atomic mass is 16.3. The van der Waals surface area contributed by atoms with E-state index in [9.17, 15) is 0 Å². The van der Waals surface area contributed by atoms with Gasteiger partial charge in [0, 0.05) is 56.1 Å². The normalized spacial score (nSPS) is 14.5. The molecule has 0 N–H and O–H groups in total. The average Bonchev–Trinajstić information content (AvgIpc) is 3.62. The fourth-order valence-corrected chi connectivity index (χ4v) is 10.7. The van der Waals surface area contributed by atoms with Crippen molar-refractivity contribution < 1.29 is 4.42 Å². The lowest BCUT2D eigenvalue weighted by Gasteiger charge is -2.51. The Kier molecular flexibility index (Phi) is 7.26. The summed E-state index contributed by atoms with van der Waals surface area (Å²) >= 11 is 0. The Bertz CT molecular complexity index is 3260. The molecule has 0 saturated carbocycles. The van der Waals surface area contributed by atoms with Gasteiger partial charge in [-0.15, -0.1) is 0 Å². The van der Waals surface area contributed by atoms with Crippen LogP contribution in [0.15, 0.2) is 168 Å². The molecule has 4 heteroatoms. The van der Waals surface area contributed by atoms with Gasteiger partial charge in [0.2, 0.25) is 0 Å². The fourth-order valence-electron chi connectivity index (χ4n) is 10.7. The van der Waals surface area contributed by atoms with E-state index in [-0.39, 0.29) is 17.7 Å². The van der Waals surface area contributed by atoms with Crippen LogP contribution in [0.3, 0.4) is 0 Å². The molecule has 0 aliphatic carbocycles. The molecule has 3 aliphatic heterocycles. The zero-order chi connectivity index (χ0) is 40.7. The summed E-state index contributed by atoms with van der Waals surface area (Å²) in [5.74, 6) is 0. The summed E-state index contributed by atoms with van der Waals surface area (Å²) in [4.78, 5) is 5.26. The number of rotatable bonds is 3. The predicted molar refractivity (Wildman–Crippen MR) is 254 cm³/mol. The van der Waals surface area contributed by atoms with Crippen molar-refractivity contribution >= 4 is 68.1 Å². The van der Waals surface area contributed by atoms with Gasteiger partial charge in [-0.05, 0) is 104 Å². The van der Waals surface area contributed by atoms with Crippen molar-refractivity contribution in [2.45, 2.75) is 52.4 Å². The largest absolute Gasteiger partial charge is 0.456 e.